The van der Waals surface area contributed by atoms with E-state index in [2.05, 4.69) is 14.2 Å². The van der Waals surface area contributed by atoms with E-state index >= 15 is 0 Å². The monoisotopic (exact) mass is 1250 g/mol. The van der Waals surface area contributed by atoms with E-state index in [1.54, 1.807) is 0 Å². The van der Waals surface area contributed by atoms with Crippen LogP contribution in [0.2, 0.25) is 0 Å². The maximum atomic E-state index is 14.3. The van der Waals surface area contributed by atoms with Crippen LogP contribution in [0.4, 0.5) is 193 Å². The highest BCUT2D eigenvalue weighted by molar-refractivity contribution is 5.20. The molecular formula is C29H14F44O3. The van der Waals surface area contributed by atoms with E-state index in [1.807, 2.05) is 0 Å². The van der Waals surface area contributed by atoms with E-state index in [1.165, 1.54) is 0 Å². The van der Waals surface area contributed by atoms with Gasteiger partial charge in [0.05, 0.1) is 44.7 Å². The minimum absolute atomic E-state index is 1.51. The number of rotatable bonds is 26. The molecule has 1 aliphatic rings. The lowest BCUT2D eigenvalue weighted by molar-refractivity contribution is -0.474. The molecule has 0 aromatic heterocycles. The molecule has 1 rings (SSSR count). The summed E-state index contributed by atoms with van der Waals surface area (Å²) in [5.41, 5.74) is -2.88. The second-order valence-electron chi connectivity index (χ2n) is 15.4. The first-order valence-electron chi connectivity index (χ1n) is 17.4. The molecule has 0 aliphatic carbocycles. The van der Waals surface area contributed by atoms with Crippen molar-refractivity contribution in [2.45, 2.75) is 145 Å². The highest BCUT2D eigenvalue weighted by Crippen LogP contribution is 2.69. The van der Waals surface area contributed by atoms with Crippen molar-refractivity contribution in [1.82, 2.24) is 0 Å². The number of ether oxygens (including phenoxy) is 3. The third-order valence-electron chi connectivity index (χ3n) is 9.94. The van der Waals surface area contributed by atoms with Crippen molar-refractivity contribution < 1.29 is 207 Å². The summed E-state index contributed by atoms with van der Waals surface area (Å²) >= 11 is 0. The summed E-state index contributed by atoms with van der Waals surface area (Å²) in [7, 11) is 0. The Kier molecular flexibility index (Phi) is 17.7. The Labute approximate surface area is 385 Å². The van der Waals surface area contributed by atoms with Crippen LogP contribution in [-0.2, 0) is 14.2 Å². The summed E-state index contributed by atoms with van der Waals surface area (Å²) < 4.78 is 609. The molecule has 76 heavy (non-hydrogen) atoms. The van der Waals surface area contributed by atoms with Gasteiger partial charge in [-0.15, -0.1) is 0 Å². The summed E-state index contributed by atoms with van der Waals surface area (Å²) in [6.07, 6.45) is -34.3. The van der Waals surface area contributed by atoms with Crippen molar-refractivity contribution in [3.8, 4) is 0 Å². The summed E-state index contributed by atoms with van der Waals surface area (Å²) in [4.78, 5) is 0. The third-order valence-corrected chi connectivity index (χ3v) is 9.94. The van der Waals surface area contributed by atoms with Gasteiger partial charge < -0.3 is 14.2 Å². The Morgan fingerprint density at radius 2 is 0.421 bits per heavy atom. The van der Waals surface area contributed by atoms with Crippen LogP contribution in [0, 0.1) is 5.41 Å². The fraction of sp³-hybridized carbons (Fsp3) is 1.00. The first-order chi connectivity index (χ1) is 32.4. The standard InChI is InChI=1S/C29H14F44O3/c30-7(1-10(32,33)12(36,37)14(40,41)16(44,45)18(48,49)20(52,53)22(56,57)24(60,61)26(64,65)28(68,69)70)75-5-9(3-74-4-9)6-76-8(31)2-11(34,35)13(38,39)15(42,43)17(46,47)19(50,51)21(54,55)23(58,59)25(62,63)27(66,67)29(71,72)73/h7-8H,1-6H2. The van der Waals surface area contributed by atoms with Gasteiger partial charge in [0.15, 0.2) is 0 Å². The van der Waals surface area contributed by atoms with Crippen LogP contribution >= 0.6 is 0 Å². The van der Waals surface area contributed by atoms with E-state index in [-0.39, 0.29) is 0 Å². The minimum Gasteiger partial charge on any atom is -0.380 e. The SMILES string of the molecule is FC(CC(F)(F)C(F)(F)C(F)(F)C(F)(F)C(F)(F)C(F)(F)C(F)(F)C(F)(F)C(F)(F)C(F)(F)F)OCC1(COC(F)CC(F)(F)C(F)(F)C(F)(F)C(F)(F)C(F)(F)C(F)(F)C(F)(F)C(F)(F)C(F)(F)C(F)(F)F)COC1. The Morgan fingerprint density at radius 1 is 0.263 bits per heavy atom. The van der Waals surface area contributed by atoms with Crippen LogP contribution in [0.15, 0.2) is 0 Å². The van der Waals surface area contributed by atoms with Crippen molar-refractivity contribution in [2.75, 3.05) is 26.4 Å². The van der Waals surface area contributed by atoms with Crippen LogP contribution in [0.5, 0.6) is 0 Å². The zero-order valence-corrected chi connectivity index (χ0v) is 33.8. The Hall–Kier alpha value is -3.20. The first kappa shape index (κ1) is 70.8. The van der Waals surface area contributed by atoms with Crippen LogP contribution in [0.25, 0.3) is 0 Å². The van der Waals surface area contributed by atoms with Crippen LogP contribution in [-0.4, -0.2) is 158 Å². The molecule has 0 amide bonds. The quantitative estimate of drug-likeness (QED) is 0.0808. The van der Waals surface area contributed by atoms with Gasteiger partial charge in [-0.3, -0.25) is 0 Å². The van der Waals surface area contributed by atoms with E-state index < -0.39 is 176 Å². The van der Waals surface area contributed by atoms with Crippen molar-refractivity contribution in [3.05, 3.63) is 0 Å². The van der Waals surface area contributed by atoms with Crippen LogP contribution < -0.4 is 0 Å². The maximum Gasteiger partial charge on any atom is 0.460 e. The van der Waals surface area contributed by atoms with Gasteiger partial charge in [0.1, 0.15) is 0 Å². The lowest BCUT2D eigenvalue weighted by atomic mass is 9.85. The smallest absolute Gasteiger partial charge is 0.380 e. The number of hydrogen-bond acceptors (Lipinski definition) is 3. The molecule has 0 aromatic carbocycles. The molecule has 3 nitrogen and oxygen atoms in total. The molecule has 0 aromatic rings. The molecular weight excluding hydrogens is 1230 g/mol. The molecule has 1 heterocycles. The third kappa shape index (κ3) is 9.68. The van der Waals surface area contributed by atoms with Gasteiger partial charge >= 0.3 is 119 Å². The van der Waals surface area contributed by atoms with E-state index in [0.717, 1.165) is 0 Å². The molecule has 1 aliphatic heterocycles. The lowest BCUT2D eigenvalue weighted by Crippen LogP contribution is -2.76. The first-order valence-corrected chi connectivity index (χ1v) is 17.4. The number of halogens is 44. The molecule has 1 saturated heterocycles. The summed E-state index contributed by atoms with van der Waals surface area (Å²) in [5, 5.41) is 0. The van der Waals surface area contributed by atoms with Gasteiger partial charge in [-0.05, 0) is 0 Å². The van der Waals surface area contributed by atoms with E-state index in [0.29, 0.717) is 0 Å². The highest BCUT2D eigenvalue weighted by Gasteiger charge is 3.00. The van der Waals surface area contributed by atoms with Crippen molar-refractivity contribution in [3.63, 3.8) is 0 Å². The van der Waals surface area contributed by atoms with Gasteiger partial charge in [0.25, 0.3) is 0 Å². The molecule has 0 N–H and O–H groups in total. The maximum absolute atomic E-state index is 14.3. The molecule has 0 bridgehead atoms. The van der Waals surface area contributed by atoms with Gasteiger partial charge in [-0.1, -0.05) is 0 Å². The molecule has 0 spiro atoms. The second-order valence-corrected chi connectivity index (χ2v) is 15.4. The van der Waals surface area contributed by atoms with Crippen LogP contribution in [0.3, 0.4) is 0 Å². The topological polar surface area (TPSA) is 27.7 Å². The van der Waals surface area contributed by atoms with Gasteiger partial charge in [0.2, 0.25) is 12.7 Å². The van der Waals surface area contributed by atoms with Crippen LogP contribution in [0.1, 0.15) is 12.8 Å². The normalized spacial score (nSPS) is 18.9. The predicted molar refractivity (Wildman–Crippen MR) is 145 cm³/mol. The van der Waals surface area contributed by atoms with Gasteiger partial charge in [-0.2, -0.15) is 184 Å². The Balaban J connectivity index is 3.42. The van der Waals surface area contributed by atoms with Gasteiger partial charge in [0, 0.05) is 0 Å². The lowest BCUT2D eigenvalue weighted by Gasteiger charge is -2.45. The fourth-order valence-electron chi connectivity index (χ4n) is 5.09. The highest BCUT2D eigenvalue weighted by atomic mass is 19.5. The largest absolute Gasteiger partial charge is 0.460 e. The van der Waals surface area contributed by atoms with Crippen molar-refractivity contribution in [1.29, 1.82) is 0 Å². The predicted octanol–water partition coefficient (Wildman–Crippen LogP) is 15.0. The van der Waals surface area contributed by atoms with Crippen molar-refractivity contribution in [2.24, 2.45) is 5.41 Å². The summed E-state index contributed by atoms with van der Waals surface area (Å²) in [6, 6.07) is 0. The summed E-state index contributed by atoms with van der Waals surface area (Å²) in [5.74, 6) is -164. The molecule has 0 radical (unpaired) electrons. The number of alkyl halides is 44. The van der Waals surface area contributed by atoms with Crippen molar-refractivity contribution >= 4 is 0 Å². The number of hydrogen-bond donors (Lipinski definition) is 0. The average Bonchev–Trinajstić information content (AvgIpc) is 3.17. The average molecular weight is 1250 g/mol. The summed E-state index contributed by atoms with van der Waals surface area (Å²) in [6.45, 7) is -7.51. The Bertz CT molecular complexity index is 1870. The minimum atomic E-state index is -9.63. The zero-order valence-electron chi connectivity index (χ0n) is 33.8. The second kappa shape index (κ2) is 19.0. The molecule has 456 valence electrons. The molecule has 47 heteroatoms. The molecule has 1 fully saturated rings. The molecule has 2 atom stereocenters. The van der Waals surface area contributed by atoms with E-state index in [4.69, 9.17) is 0 Å². The van der Waals surface area contributed by atoms with E-state index in [9.17, 15) is 193 Å². The molecule has 2 unspecified atom stereocenters. The zero-order chi connectivity index (χ0) is 62.0. The Morgan fingerprint density at radius 3 is 0.566 bits per heavy atom. The molecule has 0 saturated carbocycles. The van der Waals surface area contributed by atoms with Gasteiger partial charge in [-0.25, -0.2) is 8.78 Å². The fourth-order valence-corrected chi connectivity index (χ4v) is 5.09.